The molecule has 1 fully saturated rings. The lowest BCUT2D eigenvalue weighted by molar-refractivity contribution is 0.163. The number of piperidine rings is 1. The summed E-state index contributed by atoms with van der Waals surface area (Å²) in [7, 11) is -3.62. The molecule has 0 aliphatic carbocycles. The number of hydrogen-bond acceptors (Lipinski definition) is 6. The number of likely N-dealkylation sites (tertiary alicyclic amines) is 1. The van der Waals surface area contributed by atoms with Gasteiger partial charge in [0, 0.05) is 25.5 Å². The highest BCUT2D eigenvalue weighted by Crippen LogP contribution is 2.35. The molecule has 3 heterocycles. The van der Waals surface area contributed by atoms with Crippen LogP contribution in [-0.2, 0) is 16.3 Å². The van der Waals surface area contributed by atoms with Crippen LogP contribution in [0.3, 0.4) is 0 Å². The van der Waals surface area contributed by atoms with E-state index in [1.54, 1.807) is 17.5 Å². The van der Waals surface area contributed by atoms with Gasteiger partial charge in [-0.1, -0.05) is 48.0 Å². The molecule has 8 heteroatoms. The van der Waals surface area contributed by atoms with Crippen LogP contribution >= 0.6 is 22.9 Å². The van der Waals surface area contributed by atoms with E-state index in [9.17, 15) is 8.42 Å². The Morgan fingerprint density at radius 1 is 1.07 bits per heavy atom. The minimum Gasteiger partial charge on any atom is -0.281 e. The zero-order valence-corrected chi connectivity index (χ0v) is 18.2. The Hall–Kier alpha value is -1.80. The zero-order chi connectivity index (χ0) is 20.3. The third-order valence-corrected chi connectivity index (χ3v) is 8.91. The number of aromatic nitrogens is 2. The minimum atomic E-state index is -3.62. The van der Waals surface area contributed by atoms with Crippen LogP contribution in [0.5, 0.6) is 0 Å². The van der Waals surface area contributed by atoms with Crippen molar-refractivity contribution in [2.45, 2.75) is 28.8 Å². The number of nitrogens with zero attached hydrogens (tertiary/aromatic N) is 3. The van der Waals surface area contributed by atoms with E-state index >= 15 is 0 Å². The summed E-state index contributed by atoms with van der Waals surface area (Å²) >= 11 is 7.15. The molecule has 4 rings (SSSR count). The van der Waals surface area contributed by atoms with Crippen molar-refractivity contribution in [2.24, 2.45) is 5.92 Å². The van der Waals surface area contributed by atoms with Gasteiger partial charge in [-0.05, 0) is 42.2 Å². The van der Waals surface area contributed by atoms with Crippen molar-refractivity contribution in [1.29, 1.82) is 0 Å². The van der Waals surface area contributed by atoms with Crippen molar-refractivity contribution in [3.8, 4) is 0 Å². The summed E-state index contributed by atoms with van der Waals surface area (Å²) in [5.41, 5.74) is 1.33. The summed E-state index contributed by atoms with van der Waals surface area (Å²) in [4.78, 5) is 10.5. The smallest absolute Gasteiger partial charge is 0.211 e. The second kappa shape index (κ2) is 8.92. The van der Waals surface area contributed by atoms with Crippen LogP contribution in [0.25, 0.3) is 0 Å². The summed E-state index contributed by atoms with van der Waals surface area (Å²) in [6, 6.07) is 13.8. The highest BCUT2D eigenvalue weighted by atomic mass is 35.5. The standard InChI is InChI=1S/C21H22ClN3O2S2/c22-18-14-23-20(24-15-18)21(29(26,27)19-7-4-12-28-19)25-10-8-17(9-11-25)13-16-5-2-1-3-6-16/h1-7,12,14-15,17,21H,8-11,13H2. The van der Waals surface area contributed by atoms with Gasteiger partial charge in [0.1, 0.15) is 4.21 Å². The van der Waals surface area contributed by atoms with Crippen molar-refractivity contribution < 1.29 is 8.42 Å². The Kier molecular flexibility index (Phi) is 6.29. The first kappa shape index (κ1) is 20.5. The molecule has 0 bridgehead atoms. The largest absolute Gasteiger partial charge is 0.281 e. The first-order valence-corrected chi connectivity index (χ1v) is 12.4. The lowest BCUT2D eigenvalue weighted by atomic mass is 9.90. The molecule has 5 nitrogen and oxygen atoms in total. The Bertz CT molecular complexity index is 1020. The lowest BCUT2D eigenvalue weighted by Gasteiger charge is -2.36. The van der Waals surface area contributed by atoms with Crippen LogP contribution in [-0.4, -0.2) is 36.4 Å². The van der Waals surface area contributed by atoms with Crippen LogP contribution in [0.2, 0.25) is 5.02 Å². The fraction of sp³-hybridized carbons (Fsp3) is 0.333. The topological polar surface area (TPSA) is 63.2 Å². The first-order chi connectivity index (χ1) is 14.0. The van der Waals surface area contributed by atoms with E-state index < -0.39 is 15.2 Å². The van der Waals surface area contributed by atoms with Crippen molar-refractivity contribution >= 4 is 32.8 Å². The van der Waals surface area contributed by atoms with Gasteiger partial charge in [-0.2, -0.15) is 0 Å². The molecule has 2 aromatic heterocycles. The van der Waals surface area contributed by atoms with Crippen molar-refractivity contribution in [1.82, 2.24) is 14.9 Å². The molecular weight excluding hydrogens is 426 g/mol. The maximum Gasteiger partial charge on any atom is 0.211 e. The molecular formula is C21H22ClN3O2S2. The van der Waals surface area contributed by atoms with Crippen LogP contribution < -0.4 is 0 Å². The van der Waals surface area contributed by atoms with Gasteiger partial charge < -0.3 is 0 Å². The van der Waals surface area contributed by atoms with Gasteiger partial charge in [0.05, 0.1) is 5.02 Å². The predicted molar refractivity (Wildman–Crippen MR) is 116 cm³/mol. The Balaban J connectivity index is 1.55. The number of thiophene rings is 1. The fourth-order valence-electron chi connectivity index (χ4n) is 3.82. The summed E-state index contributed by atoms with van der Waals surface area (Å²) < 4.78 is 27.2. The highest BCUT2D eigenvalue weighted by Gasteiger charge is 2.39. The van der Waals surface area contributed by atoms with E-state index in [1.165, 1.54) is 29.3 Å². The van der Waals surface area contributed by atoms with E-state index in [4.69, 9.17) is 11.6 Å². The van der Waals surface area contributed by atoms with Crippen LogP contribution in [0.1, 0.15) is 29.6 Å². The molecule has 1 unspecified atom stereocenters. The maximum absolute atomic E-state index is 13.4. The highest BCUT2D eigenvalue weighted by molar-refractivity contribution is 7.93. The van der Waals surface area contributed by atoms with E-state index in [2.05, 4.69) is 34.2 Å². The number of hydrogen-bond donors (Lipinski definition) is 0. The van der Waals surface area contributed by atoms with Crippen molar-refractivity contribution in [2.75, 3.05) is 13.1 Å². The van der Waals surface area contributed by atoms with E-state index in [1.807, 2.05) is 11.0 Å². The van der Waals surface area contributed by atoms with Gasteiger partial charge in [0.25, 0.3) is 0 Å². The summed E-state index contributed by atoms with van der Waals surface area (Å²) in [6.45, 7) is 1.39. The fourth-order valence-corrected chi connectivity index (χ4v) is 6.84. The molecule has 0 saturated carbocycles. The number of benzene rings is 1. The Morgan fingerprint density at radius 2 is 1.76 bits per heavy atom. The SMILES string of the molecule is O=S(=O)(c1cccs1)C(c1ncc(Cl)cn1)N1CCC(Cc2ccccc2)CC1. The average Bonchev–Trinajstić information content (AvgIpc) is 3.28. The van der Waals surface area contributed by atoms with E-state index in [0.29, 0.717) is 28.2 Å². The molecule has 0 spiro atoms. The van der Waals surface area contributed by atoms with E-state index in [-0.39, 0.29) is 5.82 Å². The van der Waals surface area contributed by atoms with Gasteiger partial charge >= 0.3 is 0 Å². The Labute approximate surface area is 180 Å². The zero-order valence-electron chi connectivity index (χ0n) is 15.8. The molecule has 0 amide bonds. The quantitative estimate of drug-likeness (QED) is 0.551. The lowest BCUT2D eigenvalue weighted by Crippen LogP contribution is -2.41. The molecule has 1 saturated heterocycles. The van der Waals surface area contributed by atoms with Gasteiger partial charge in [-0.3, -0.25) is 4.90 Å². The molecule has 1 atom stereocenters. The van der Waals surface area contributed by atoms with Gasteiger partial charge in [0.2, 0.25) is 9.84 Å². The molecule has 1 aliphatic heterocycles. The monoisotopic (exact) mass is 447 g/mol. The van der Waals surface area contributed by atoms with E-state index in [0.717, 1.165) is 19.3 Å². The third kappa shape index (κ3) is 4.69. The molecule has 0 radical (unpaired) electrons. The second-order valence-corrected chi connectivity index (χ2v) is 10.9. The molecule has 29 heavy (non-hydrogen) atoms. The number of halogens is 1. The molecule has 152 valence electrons. The van der Waals surface area contributed by atoms with Crippen molar-refractivity contribution in [3.05, 3.63) is 76.6 Å². The first-order valence-electron chi connectivity index (χ1n) is 9.57. The van der Waals surface area contributed by atoms with Crippen LogP contribution in [0.15, 0.2) is 64.4 Å². The predicted octanol–water partition coefficient (Wildman–Crippen LogP) is 4.62. The number of rotatable bonds is 6. The molecule has 0 N–H and O–H groups in total. The third-order valence-electron chi connectivity index (χ3n) is 5.28. The van der Waals surface area contributed by atoms with Crippen LogP contribution in [0.4, 0.5) is 0 Å². The normalized spacial score (nSPS) is 17.3. The van der Waals surface area contributed by atoms with Crippen LogP contribution in [0, 0.1) is 5.92 Å². The molecule has 1 aliphatic rings. The molecule has 3 aromatic rings. The Morgan fingerprint density at radius 3 is 2.38 bits per heavy atom. The molecule has 1 aromatic carbocycles. The summed E-state index contributed by atoms with van der Waals surface area (Å²) in [5, 5.41) is 1.28. The van der Waals surface area contributed by atoms with Gasteiger partial charge in [0.15, 0.2) is 11.2 Å². The summed E-state index contributed by atoms with van der Waals surface area (Å²) in [5.74, 6) is 0.828. The number of sulfone groups is 1. The minimum absolute atomic E-state index is 0.282. The van der Waals surface area contributed by atoms with Crippen molar-refractivity contribution in [3.63, 3.8) is 0 Å². The summed E-state index contributed by atoms with van der Waals surface area (Å²) in [6.07, 6.45) is 5.83. The second-order valence-electron chi connectivity index (χ2n) is 7.26. The maximum atomic E-state index is 13.4. The average molecular weight is 448 g/mol. The van der Waals surface area contributed by atoms with Gasteiger partial charge in [-0.25, -0.2) is 18.4 Å². The van der Waals surface area contributed by atoms with Gasteiger partial charge in [-0.15, -0.1) is 11.3 Å².